The monoisotopic (exact) mass is 304 g/mol. The summed E-state index contributed by atoms with van der Waals surface area (Å²) < 4.78 is 6.72. The molecular weight excluding hydrogens is 288 g/mol. The van der Waals surface area contributed by atoms with E-state index in [1.807, 2.05) is 6.07 Å². The van der Waals surface area contributed by atoms with Crippen LogP contribution in [-0.2, 0) is 4.74 Å². The Hall–Kier alpha value is 0.1000. The number of hydrogen-bond donors (Lipinski definition) is 1. The molecular formula is C12H17BrO2S. The molecule has 1 N–H and O–H groups in total. The van der Waals surface area contributed by atoms with E-state index in [0.717, 1.165) is 28.8 Å². The Morgan fingerprint density at radius 3 is 3.00 bits per heavy atom. The number of ether oxygens (including phenoxy) is 1. The molecule has 0 saturated carbocycles. The molecule has 1 fully saturated rings. The summed E-state index contributed by atoms with van der Waals surface area (Å²) in [5.74, 6) is 0.259. The second kappa shape index (κ2) is 5.17. The lowest BCUT2D eigenvalue weighted by Gasteiger charge is -2.21. The van der Waals surface area contributed by atoms with Crippen LogP contribution in [0.15, 0.2) is 10.5 Å². The van der Waals surface area contributed by atoms with E-state index in [-0.39, 0.29) is 18.1 Å². The number of hydrogen-bond acceptors (Lipinski definition) is 3. The second-order valence-electron chi connectivity index (χ2n) is 4.27. The number of aryl methyl sites for hydroxylation is 1. The lowest BCUT2D eigenvalue weighted by atomic mass is 9.92. The van der Waals surface area contributed by atoms with Gasteiger partial charge in [-0.05, 0) is 41.8 Å². The summed E-state index contributed by atoms with van der Waals surface area (Å²) in [7, 11) is 0. The molecule has 1 aliphatic heterocycles. The minimum Gasteiger partial charge on any atom is -0.387 e. The van der Waals surface area contributed by atoms with Crippen molar-refractivity contribution in [2.75, 3.05) is 6.61 Å². The molecule has 0 bridgehead atoms. The van der Waals surface area contributed by atoms with Gasteiger partial charge in [-0.3, -0.25) is 0 Å². The van der Waals surface area contributed by atoms with Crippen LogP contribution in [0.4, 0.5) is 0 Å². The summed E-state index contributed by atoms with van der Waals surface area (Å²) >= 11 is 5.16. The molecule has 3 unspecified atom stereocenters. The number of rotatable bonds is 3. The van der Waals surface area contributed by atoms with Crippen molar-refractivity contribution in [2.24, 2.45) is 5.92 Å². The van der Waals surface area contributed by atoms with Crippen LogP contribution in [0.1, 0.15) is 35.6 Å². The van der Waals surface area contributed by atoms with E-state index in [1.165, 1.54) is 4.88 Å². The smallest absolute Gasteiger partial charge is 0.0936 e. The molecule has 0 aliphatic carbocycles. The minimum absolute atomic E-state index is 0.219. The molecule has 1 saturated heterocycles. The lowest BCUT2D eigenvalue weighted by molar-refractivity contribution is 0.0322. The first-order valence-corrected chi connectivity index (χ1v) is 7.30. The molecule has 0 amide bonds. The van der Waals surface area contributed by atoms with E-state index in [9.17, 15) is 5.11 Å². The van der Waals surface area contributed by atoms with Crippen molar-refractivity contribution in [3.63, 3.8) is 0 Å². The fourth-order valence-electron chi connectivity index (χ4n) is 2.29. The van der Waals surface area contributed by atoms with Crippen LogP contribution < -0.4 is 0 Å². The minimum atomic E-state index is -0.373. The maximum atomic E-state index is 10.4. The zero-order valence-electron chi connectivity index (χ0n) is 9.57. The van der Waals surface area contributed by atoms with Gasteiger partial charge in [0.15, 0.2) is 0 Å². The lowest BCUT2D eigenvalue weighted by Crippen LogP contribution is -2.21. The van der Waals surface area contributed by atoms with Gasteiger partial charge in [-0.2, -0.15) is 0 Å². The predicted molar refractivity (Wildman–Crippen MR) is 69.9 cm³/mol. The SMILES string of the molecule is CCC1OCCC1C(O)c1cc(Br)c(C)s1. The quantitative estimate of drug-likeness (QED) is 0.923. The first-order valence-electron chi connectivity index (χ1n) is 5.69. The summed E-state index contributed by atoms with van der Waals surface area (Å²) in [5, 5.41) is 10.4. The second-order valence-corrected chi connectivity index (χ2v) is 6.41. The van der Waals surface area contributed by atoms with Gasteiger partial charge < -0.3 is 9.84 Å². The molecule has 2 rings (SSSR count). The maximum absolute atomic E-state index is 10.4. The molecule has 1 aromatic rings. The van der Waals surface area contributed by atoms with Crippen molar-refractivity contribution < 1.29 is 9.84 Å². The van der Waals surface area contributed by atoms with E-state index in [1.54, 1.807) is 11.3 Å². The van der Waals surface area contributed by atoms with Gasteiger partial charge in [0.1, 0.15) is 0 Å². The average molecular weight is 305 g/mol. The zero-order chi connectivity index (χ0) is 11.7. The Kier molecular flexibility index (Phi) is 4.06. The molecule has 2 nitrogen and oxygen atoms in total. The first-order chi connectivity index (χ1) is 7.63. The molecule has 16 heavy (non-hydrogen) atoms. The van der Waals surface area contributed by atoms with Gasteiger partial charge >= 0.3 is 0 Å². The highest BCUT2D eigenvalue weighted by Crippen LogP contribution is 2.39. The molecule has 3 atom stereocenters. The van der Waals surface area contributed by atoms with E-state index in [4.69, 9.17) is 4.74 Å². The number of aliphatic hydroxyl groups excluding tert-OH is 1. The van der Waals surface area contributed by atoms with Gasteiger partial charge in [0.2, 0.25) is 0 Å². The predicted octanol–water partition coefficient (Wildman–Crippen LogP) is 3.67. The van der Waals surface area contributed by atoms with Gasteiger partial charge in [0.05, 0.1) is 12.2 Å². The largest absolute Gasteiger partial charge is 0.387 e. The van der Waals surface area contributed by atoms with Crippen molar-refractivity contribution in [1.82, 2.24) is 0 Å². The van der Waals surface area contributed by atoms with E-state index >= 15 is 0 Å². The maximum Gasteiger partial charge on any atom is 0.0936 e. The molecule has 0 radical (unpaired) electrons. The van der Waals surface area contributed by atoms with Crippen LogP contribution in [0.2, 0.25) is 0 Å². The van der Waals surface area contributed by atoms with Crippen LogP contribution in [0.25, 0.3) is 0 Å². The Balaban J connectivity index is 2.14. The van der Waals surface area contributed by atoms with Crippen LogP contribution in [0, 0.1) is 12.8 Å². The normalized spacial score (nSPS) is 27.2. The van der Waals surface area contributed by atoms with Gasteiger partial charge in [-0.1, -0.05) is 6.92 Å². The van der Waals surface area contributed by atoms with Crippen LogP contribution >= 0.6 is 27.3 Å². The van der Waals surface area contributed by atoms with E-state index in [0.29, 0.717) is 0 Å². The van der Waals surface area contributed by atoms with E-state index < -0.39 is 0 Å². The molecule has 4 heteroatoms. The summed E-state index contributed by atoms with van der Waals surface area (Å²) in [6, 6.07) is 2.04. The summed E-state index contributed by atoms with van der Waals surface area (Å²) in [6.07, 6.45) is 1.79. The summed E-state index contributed by atoms with van der Waals surface area (Å²) in [5.41, 5.74) is 0. The topological polar surface area (TPSA) is 29.5 Å². The zero-order valence-corrected chi connectivity index (χ0v) is 12.0. The molecule has 1 aliphatic rings. The first kappa shape index (κ1) is 12.6. The van der Waals surface area contributed by atoms with Gasteiger partial charge in [-0.15, -0.1) is 11.3 Å². The fourth-order valence-corrected chi connectivity index (χ4v) is 3.91. The third kappa shape index (κ3) is 2.35. The Bertz CT molecular complexity index is 344. The van der Waals surface area contributed by atoms with E-state index in [2.05, 4.69) is 29.8 Å². The number of thiophene rings is 1. The Morgan fingerprint density at radius 1 is 1.69 bits per heavy atom. The van der Waals surface area contributed by atoms with Gasteiger partial charge in [0.25, 0.3) is 0 Å². The average Bonchev–Trinajstić information content (AvgIpc) is 2.85. The third-order valence-electron chi connectivity index (χ3n) is 3.24. The highest BCUT2D eigenvalue weighted by atomic mass is 79.9. The molecule has 0 aromatic carbocycles. The van der Waals surface area contributed by atoms with Crippen LogP contribution in [-0.4, -0.2) is 17.8 Å². The molecule has 2 heterocycles. The molecule has 1 aromatic heterocycles. The standard InChI is InChI=1S/C12H17BrO2S/c1-3-10-8(4-5-15-10)12(14)11-6-9(13)7(2)16-11/h6,8,10,12,14H,3-5H2,1-2H3. The van der Waals surface area contributed by atoms with Crippen LogP contribution in [0.5, 0.6) is 0 Å². The van der Waals surface area contributed by atoms with Crippen molar-refractivity contribution >= 4 is 27.3 Å². The molecule has 0 spiro atoms. The number of halogens is 1. The van der Waals surface area contributed by atoms with Crippen molar-refractivity contribution in [3.05, 3.63) is 20.3 Å². The highest BCUT2D eigenvalue weighted by molar-refractivity contribution is 9.10. The number of aliphatic hydroxyl groups is 1. The third-order valence-corrected chi connectivity index (χ3v) is 5.44. The highest BCUT2D eigenvalue weighted by Gasteiger charge is 2.34. The van der Waals surface area contributed by atoms with Crippen molar-refractivity contribution in [1.29, 1.82) is 0 Å². The molecule has 90 valence electrons. The van der Waals surface area contributed by atoms with Crippen molar-refractivity contribution in [3.8, 4) is 0 Å². The fraction of sp³-hybridized carbons (Fsp3) is 0.667. The Labute approximate surface area is 109 Å². The van der Waals surface area contributed by atoms with Crippen LogP contribution in [0.3, 0.4) is 0 Å². The van der Waals surface area contributed by atoms with Gasteiger partial charge in [0, 0.05) is 26.8 Å². The summed E-state index contributed by atoms with van der Waals surface area (Å²) in [6.45, 7) is 4.96. The van der Waals surface area contributed by atoms with Crippen molar-refractivity contribution in [2.45, 2.75) is 38.9 Å². The van der Waals surface area contributed by atoms with Gasteiger partial charge in [-0.25, -0.2) is 0 Å². The Morgan fingerprint density at radius 2 is 2.44 bits per heavy atom. The summed E-state index contributed by atoms with van der Waals surface area (Å²) in [4.78, 5) is 2.28.